The quantitative estimate of drug-likeness (QED) is 0.0648. The molecule has 0 radical (unpaired) electrons. The van der Waals surface area contributed by atoms with Crippen LogP contribution >= 0.6 is 0 Å². The van der Waals surface area contributed by atoms with Gasteiger partial charge >= 0.3 is 0 Å². The summed E-state index contributed by atoms with van der Waals surface area (Å²) in [5.41, 5.74) is 0. The minimum Gasteiger partial charge on any atom is -0.312 e. The molecule has 0 aromatic rings. The van der Waals surface area contributed by atoms with Gasteiger partial charge in [0.1, 0.15) is 0 Å². The zero-order valence-corrected chi connectivity index (χ0v) is 31.8. The topological polar surface area (TPSA) is 3.24 Å². The highest BCUT2D eigenvalue weighted by Gasteiger charge is 2.02. The van der Waals surface area contributed by atoms with E-state index in [4.69, 9.17) is 0 Å². The van der Waals surface area contributed by atoms with Gasteiger partial charge in [-0.2, -0.15) is 0 Å². The summed E-state index contributed by atoms with van der Waals surface area (Å²) in [5.74, 6) is 0.966. The monoisotopic (exact) mass is 608 g/mol. The molecule has 0 saturated heterocycles. The molecule has 262 valence electrons. The molecule has 1 nitrogen and oxygen atoms in total. The van der Waals surface area contributed by atoms with Crippen LogP contribution in [0.1, 0.15) is 245 Å². The number of rotatable bonds is 35. The minimum atomic E-state index is 0.966. The first-order valence-corrected chi connectivity index (χ1v) is 20.6. The van der Waals surface area contributed by atoms with Crippen molar-refractivity contribution < 1.29 is 0 Å². The van der Waals surface area contributed by atoms with Crippen molar-refractivity contribution in [2.24, 2.45) is 5.92 Å². The zero-order valence-electron chi connectivity index (χ0n) is 31.8. The lowest BCUT2D eigenvalue weighted by Crippen LogP contribution is -1.99. The summed E-state index contributed by atoms with van der Waals surface area (Å²) < 4.78 is 0. The van der Waals surface area contributed by atoms with Crippen molar-refractivity contribution in [3.63, 3.8) is 0 Å². The van der Waals surface area contributed by atoms with Crippen LogP contribution in [0.2, 0.25) is 0 Å². The van der Waals surface area contributed by atoms with Crippen molar-refractivity contribution >= 4 is 0 Å². The lowest BCUT2D eigenvalue weighted by molar-refractivity contribution is 0.429. The highest BCUT2D eigenvalue weighted by Crippen LogP contribution is 2.20. The van der Waals surface area contributed by atoms with Crippen molar-refractivity contribution in [2.75, 3.05) is 21.1 Å². The molecule has 0 N–H and O–H groups in total. The second kappa shape index (κ2) is 42.0. The Morgan fingerprint density at radius 1 is 0.279 bits per heavy atom. The van der Waals surface area contributed by atoms with E-state index in [1.807, 2.05) is 26.0 Å². The highest BCUT2D eigenvalue weighted by atomic mass is 15.0. The molecule has 0 spiro atoms. The molecule has 0 aromatic carbocycles. The normalized spacial score (nSPS) is 12.1. The SMILES string of the molecule is CCCCCCCCCCCCCCCCCCCC(C)CCCCCCCCCCCCCCCCCC.CN(C)C. The summed E-state index contributed by atoms with van der Waals surface area (Å²) in [6.07, 6.45) is 51.7. The summed E-state index contributed by atoms with van der Waals surface area (Å²) in [7, 11) is 6.00. The molecule has 0 aliphatic rings. The fraction of sp³-hybridized carbons (Fsp3) is 1.00. The van der Waals surface area contributed by atoms with Crippen LogP contribution in [0.3, 0.4) is 0 Å². The van der Waals surface area contributed by atoms with E-state index in [1.54, 1.807) is 0 Å². The Morgan fingerprint density at radius 3 is 0.581 bits per heavy atom. The number of unbranched alkanes of at least 4 members (excludes halogenated alkanes) is 31. The third-order valence-electron chi connectivity index (χ3n) is 9.35. The molecule has 0 amide bonds. The van der Waals surface area contributed by atoms with Gasteiger partial charge in [0.05, 0.1) is 0 Å². The Balaban J connectivity index is 0. The van der Waals surface area contributed by atoms with Gasteiger partial charge in [0.2, 0.25) is 0 Å². The van der Waals surface area contributed by atoms with Crippen LogP contribution in [0, 0.1) is 5.92 Å². The van der Waals surface area contributed by atoms with Gasteiger partial charge in [-0.15, -0.1) is 0 Å². The largest absolute Gasteiger partial charge is 0.312 e. The summed E-state index contributed by atoms with van der Waals surface area (Å²) in [5, 5.41) is 0. The molecular formula is C42H89N. The molecule has 0 fully saturated rings. The molecule has 0 bridgehead atoms. The summed E-state index contributed by atoms with van der Waals surface area (Å²) in [6.45, 7) is 7.13. The third-order valence-corrected chi connectivity index (χ3v) is 9.35. The van der Waals surface area contributed by atoms with E-state index < -0.39 is 0 Å². The molecule has 0 aromatic heterocycles. The first kappa shape index (κ1) is 45.1. The van der Waals surface area contributed by atoms with Gasteiger partial charge in [0.15, 0.2) is 0 Å². The fourth-order valence-electron chi connectivity index (χ4n) is 6.40. The second-order valence-corrected chi connectivity index (χ2v) is 15.0. The Morgan fingerprint density at radius 2 is 0.419 bits per heavy atom. The van der Waals surface area contributed by atoms with Crippen molar-refractivity contribution in [1.82, 2.24) is 4.90 Å². The lowest BCUT2D eigenvalue weighted by atomic mass is 9.95. The summed E-state index contributed by atoms with van der Waals surface area (Å²) in [6, 6.07) is 0. The van der Waals surface area contributed by atoms with Gasteiger partial charge in [-0.1, -0.05) is 245 Å². The average molecular weight is 608 g/mol. The van der Waals surface area contributed by atoms with Gasteiger partial charge in [0.25, 0.3) is 0 Å². The highest BCUT2D eigenvalue weighted by molar-refractivity contribution is 4.57. The summed E-state index contributed by atoms with van der Waals surface area (Å²) >= 11 is 0. The standard InChI is InChI=1S/C39H80.C3H9N/c1-4-6-8-10-12-14-16-18-20-22-24-26-28-30-32-34-36-38-39(3)37-35-33-31-29-27-25-23-21-19-17-15-13-11-9-7-5-2;1-4(2)3/h39H,4-38H2,1-3H3;1-3H3. The molecule has 1 atom stereocenters. The van der Waals surface area contributed by atoms with E-state index in [2.05, 4.69) is 20.8 Å². The van der Waals surface area contributed by atoms with Crippen LogP contribution < -0.4 is 0 Å². The molecule has 0 heterocycles. The zero-order chi connectivity index (χ0) is 31.9. The minimum absolute atomic E-state index is 0.966. The van der Waals surface area contributed by atoms with Gasteiger partial charge in [-0.25, -0.2) is 0 Å². The van der Waals surface area contributed by atoms with Crippen molar-refractivity contribution in [2.45, 2.75) is 245 Å². The average Bonchev–Trinajstić information content (AvgIpc) is 2.98. The number of nitrogens with zero attached hydrogens (tertiary/aromatic N) is 1. The van der Waals surface area contributed by atoms with Crippen molar-refractivity contribution in [3.8, 4) is 0 Å². The van der Waals surface area contributed by atoms with Crippen LogP contribution in [-0.2, 0) is 0 Å². The Hall–Kier alpha value is -0.0400. The molecule has 1 unspecified atom stereocenters. The van der Waals surface area contributed by atoms with Crippen LogP contribution in [0.15, 0.2) is 0 Å². The Bertz CT molecular complexity index is 441. The van der Waals surface area contributed by atoms with Gasteiger partial charge in [-0.05, 0) is 27.1 Å². The van der Waals surface area contributed by atoms with E-state index in [-0.39, 0.29) is 0 Å². The first-order valence-electron chi connectivity index (χ1n) is 20.6. The van der Waals surface area contributed by atoms with Crippen LogP contribution in [0.4, 0.5) is 0 Å². The van der Waals surface area contributed by atoms with Crippen molar-refractivity contribution in [3.05, 3.63) is 0 Å². The third kappa shape index (κ3) is 49.0. The van der Waals surface area contributed by atoms with Crippen LogP contribution in [0.25, 0.3) is 0 Å². The van der Waals surface area contributed by atoms with Gasteiger partial charge < -0.3 is 4.90 Å². The fourth-order valence-corrected chi connectivity index (χ4v) is 6.40. The molecular weight excluding hydrogens is 518 g/mol. The maximum atomic E-state index is 2.51. The Kier molecular flexibility index (Phi) is 44.0. The van der Waals surface area contributed by atoms with E-state index in [0.29, 0.717) is 0 Å². The van der Waals surface area contributed by atoms with Gasteiger partial charge in [0, 0.05) is 0 Å². The predicted molar refractivity (Wildman–Crippen MR) is 202 cm³/mol. The second-order valence-electron chi connectivity index (χ2n) is 15.0. The smallest absolute Gasteiger partial charge is 0.0140 e. The molecule has 0 aliphatic heterocycles. The molecule has 1 heteroatoms. The predicted octanol–water partition coefficient (Wildman–Crippen LogP) is 15.5. The summed E-state index contributed by atoms with van der Waals surface area (Å²) in [4.78, 5) is 2.00. The molecule has 0 saturated carbocycles. The lowest BCUT2D eigenvalue weighted by Gasteiger charge is -2.11. The number of hydrogen-bond donors (Lipinski definition) is 0. The molecule has 0 rings (SSSR count). The van der Waals surface area contributed by atoms with Crippen LogP contribution in [0.5, 0.6) is 0 Å². The Labute approximate surface area is 276 Å². The van der Waals surface area contributed by atoms with E-state index in [9.17, 15) is 0 Å². The van der Waals surface area contributed by atoms with Crippen LogP contribution in [-0.4, -0.2) is 26.0 Å². The van der Waals surface area contributed by atoms with E-state index >= 15 is 0 Å². The number of hydrogen-bond acceptors (Lipinski definition) is 1. The maximum Gasteiger partial charge on any atom is -0.0140 e. The first-order chi connectivity index (χ1) is 21.0. The van der Waals surface area contributed by atoms with E-state index in [0.717, 1.165) is 5.92 Å². The molecule has 0 aliphatic carbocycles. The van der Waals surface area contributed by atoms with Gasteiger partial charge in [-0.3, -0.25) is 0 Å². The van der Waals surface area contributed by atoms with Crippen molar-refractivity contribution in [1.29, 1.82) is 0 Å². The van der Waals surface area contributed by atoms with E-state index in [1.165, 1.54) is 225 Å². The maximum absolute atomic E-state index is 2.51. The molecule has 43 heavy (non-hydrogen) atoms.